The first-order chi connectivity index (χ1) is 19.7. The van der Waals surface area contributed by atoms with E-state index in [2.05, 4.69) is 54.3 Å². The molecule has 2 unspecified atom stereocenters. The summed E-state index contributed by atoms with van der Waals surface area (Å²) in [7, 11) is 0. The van der Waals surface area contributed by atoms with E-state index in [0.29, 0.717) is 23.8 Å². The fourth-order valence-electron chi connectivity index (χ4n) is 6.91. The van der Waals surface area contributed by atoms with Gasteiger partial charge in [0.1, 0.15) is 17.1 Å². The summed E-state index contributed by atoms with van der Waals surface area (Å²) in [6, 6.07) is 15.0. The molecule has 5 aromatic rings. The van der Waals surface area contributed by atoms with Crippen LogP contribution in [0.1, 0.15) is 36.0 Å². The number of aromatic nitrogens is 6. The van der Waals surface area contributed by atoms with Crippen molar-refractivity contribution in [1.29, 1.82) is 0 Å². The van der Waals surface area contributed by atoms with E-state index < -0.39 is 0 Å². The number of morpholine rings is 1. The largest absolute Gasteiger partial charge is 0.378 e. The molecular formula is C32H31N7O. The van der Waals surface area contributed by atoms with Crippen molar-refractivity contribution < 1.29 is 4.74 Å². The van der Waals surface area contributed by atoms with Crippen molar-refractivity contribution in [3.8, 4) is 33.9 Å². The second-order valence-electron chi connectivity index (χ2n) is 11.4. The second-order valence-corrected chi connectivity index (χ2v) is 11.4. The molecule has 0 saturated carbocycles. The van der Waals surface area contributed by atoms with Crippen LogP contribution in [0.15, 0.2) is 61.2 Å². The monoisotopic (exact) mass is 529 g/mol. The minimum atomic E-state index is 0.641. The van der Waals surface area contributed by atoms with Crippen LogP contribution in [0.3, 0.4) is 0 Å². The summed E-state index contributed by atoms with van der Waals surface area (Å²) in [5.74, 6) is 0. The van der Waals surface area contributed by atoms with Gasteiger partial charge in [-0.05, 0) is 73.4 Å². The molecule has 3 aliphatic rings. The number of hydrogen-bond donors (Lipinski definition) is 1. The maximum Gasteiger partial charge on any atom is 0.155 e. The molecular weight excluding hydrogens is 498 g/mol. The van der Waals surface area contributed by atoms with Crippen molar-refractivity contribution >= 4 is 11.0 Å². The molecule has 4 aromatic heterocycles. The maximum absolute atomic E-state index is 5.74. The molecule has 0 radical (unpaired) electrons. The average Bonchev–Trinajstić information content (AvgIpc) is 3.32. The number of pyridine rings is 2. The van der Waals surface area contributed by atoms with E-state index in [1.807, 2.05) is 25.3 Å². The molecule has 6 heterocycles. The Hall–Kier alpha value is -4.01. The van der Waals surface area contributed by atoms with Crippen LogP contribution < -0.4 is 0 Å². The van der Waals surface area contributed by atoms with E-state index in [1.165, 1.54) is 36.0 Å². The van der Waals surface area contributed by atoms with Crippen molar-refractivity contribution in [3.63, 3.8) is 0 Å². The lowest BCUT2D eigenvalue weighted by molar-refractivity contribution is -0.148. The van der Waals surface area contributed by atoms with Gasteiger partial charge in [0.25, 0.3) is 0 Å². The van der Waals surface area contributed by atoms with Crippen LogP contribution in [-0.4, -0.2) is 66.4 Å². The highest BCUT2D eigenvalue weighted by Gasteiger charge is 2.45. The third-order valence-electron chi connectivity index (χ3n) is 9.03. The van der Waals surface area contributed by atoms with Gasteiger partial charge in [0.05, 0.1) is 31.3 Å². The molecule has 40 heavy (non-hydrogen) atoms. The smallest absolute Gasteiger partial charge is 0.155 e. The minimum absolute atomic E-state index is 0.641. The molecule has 8 rings (SSSR count). The van der Waals surface area contributed by atoms with E-state index >= 15 is 0 Å². The highest BCUT2D eigenvalue weighted by molar-refractivity contribution is 5.92. The molecule has 1 aliphatic carbocycles. The van der Waals surface area contributed by atoms with Gasteiger partial charge < -0.3 is 4.74 Å². The highest BCUT2D eigenvalue weighted by atomic mass is 16.5. The topological polar surface area (TPSA) is 92.7 Å². The van der Waals surface area contributed by atoms with Crippen LogP contribution in [-0.2, 0) is 17.6 Å². The standard InChI is InChI=1S/C32H31N7O/c1-19-3-2-10-33-30(19)28-15-35-29(16-34-28)31-27-12-23(14-36-32(27)38-37-31)22-5-4-20-6-8-24(9-7-21(20)11-22)39-25-13-26(39)18-40-17-25/h2-5,10-12,14-16,24-26H,6-9,13,17-18H2,1H3,(H,36,37,38)/t24-,25?,26?/m0/s1. The summed E-state index contributed by atoms with van der Waals surface area (Å²) in [6.45, 7) is 3.85. The van der Waals surface area contributed by atoms with Gasteiger partial charge in [-0.2, -0.15) is 5.10 Å². The quantitative estimate of drug-likeness (QED) is 0.321. The molecule has 0 amide bonds. The summed E-state index contributed by atoms with van der Waals surface area (Å²) >= 11 is 0. The lowest BCUT2D eigenvalue weighted by atomic mass is 9.87. The Balaban J connectivity index is 1.06. The Labute approximate surface area is 232 Å². The zero-order valence-electron chi connectivity index (χ0n) is 22.5. The van der Waals surface area contributed by atoms with E-state index in [-0.39, 0.29) is 0 Å². The van der Waals surface area contributed by atoms with Gasteiger partial charge >= 0.3 is 0 Å². The Morgan fingerprint density at radius 1 is 0.800 bits per heavy atom. The van der Waals surface area contributed by atoms with Gasteiger partial charge in [0.2, 0.25) is 0 Å². The minimum Gasteiger partial charge on any atom is -0.378 e. The fourth-order valence-corrected chi connectivity index (χ4v) is 6.91. The third kappa shape index (κ3) is 4.01. The molecule has 0 spiro atoms. The van der Waals surface area contributed by atoms with Crippen LogP contribution >= 0.6 is 0 Å². The Morgan fingerprint density at radius 2 is 1.60 bits per heavy atom. The predicted octanol–water partition coefficient (Wildman–Crippen LogP) is 5.17. The molecule has 200 valence electrons. The number of fused-ring (bicyclic) bond motifs is 4. The molecule has 8 nitrogen and oxygen atoms in total. The van der Waals surface area contributed by atoms with E-state index in [0.717, 1.165) is 65.3 Å². The van der Waals surface area contributed by atoms with Crippen LogP contribution in [0.2, 0.25) is 0 Å². The van der Waals surface area contributed by atoms with E-state index in [9.17, 15) is 0 Å². The molecule has 2 fully saturated rings. The number of nitrogens with zero attached hydrogens (tertiary/aromatic N) is 6. The van der Waals surface area contributed by atoms with Gasteiger partial charge in [-0.1, -0.05) is 24.3 Å². The summed E-state index contributed by atoms with van der Waals surface area (Å²) in [5.41, 5.74) is 10.1. The Bertz CT molecular complexity index is 1700. The number of aryl methyl sites for hydroxylation is 3. The first-order valence-corrected chi connectivity index (χ1v) is 14.3. The lowest BCUT2D eigenvalue weighted by Crippen LogP contribution is -2.66. The van der Waals surface area contributed by atoms with Gasteiger partial charge in [-0.3, -0.25) is 25.0 Å². The highest BCUT2D eigenvalue weighted by Crippen LogP contribution is 2.38. The van der Waals surface area contributed by atoms with Gasteiger partial charge in [0.15, 0.2) is 5.65 Å². The van der Waals surface area contributed by atoms with E-state index in [1.54, 1.807) is 18.6 Å². The second kappa shape index (κ2) is 9.57. The summed E-state index contributed by atoms with van der Waals surface area (Å²) in [6.07, 6.45) is 13.3. The normalized spacial score (nSPS) is 22.5. The summed E-state index contributed by atoms with van der Waals surface area (Å²) in [5, 5.41) is 8.55. The fraction of sp³-hybridized carbons (Fsp3) is 0.344. The number of rotatable bonds is 4. The predicted molar refractivity (Wildman–Crippen MR) is 154 cm³/mol. The zero-order valence-corrected chi connectivity index (χ0v) is 22.5. The van der Waals surface area contributed by atoms with Crippen LogP contribution in [0, 0.1) is 6.92 Å². The van der Waals surface area contributed by atoms with Crippen molar-refractivity contribution in [2.45, 2.75) is 57.2 Å². The maximum atomic E-state index is 5.74. The van der Waals surface area contributed by atoms with Crippen LogP contribution in [0.4, 0.5) is 0 Å². The molecule has 2 bridgehead atoms. The molecule has 1 N–H and O–H groups in total. The molecule has 8 heteroatoms. The summed E-state index contributed by atoms with van der Waals surface area (Å²) < 4.78 is 5.74. The molecule has 2 saturated heterocycles. The third-order valence-corrected chi connectivity index (χ3v) is 9.03. The van der Waals surface area contributed by atoms with Crippen molar-refractivity contribution in [2.24, 2.45) is 0 Å². The zero-order chi connectivity index (χ0) is 26.6. The number of H-pyrrole nitrogens is 1. The van der Waals surface area contributed by atoms with Crippen LogP contribution in [0.25, 0.3) is 44.9 Å². The van der Waals surface area contributed by atoms with E-state index in [4.69, 9.17) is 9.72 Å². The summed E-state index contributed by atoms with van der Waals surface area (Å²) in [4.78, 5) is 21.3. The Kier molecular flexibility index (Phi) is 5.70. The number of ether oxygens (including phenoxy) is 1. The first-order valence-electron chi connectivity index (χ1n) is 14.3. The average molecular weight is 530 g/mol. The molecule has 1 aromatic carbocycles. The van der Waals surface area contributed by atoms with Crippen molar-refractivity contribution in [2.75, 3.05) is 13.2 Å². The lowest BCUT2D eigenvalue weighted by Gasteiger charge is -2.56. The Morgan fingerprint density at radius 3 is 2.38 bits per heavy atom. The molecule has 2 aliphatic heterocycles. The SMILES string of the molecule is Cc1cccnc1-c1cnc(-c2n[nH]c3ncc(-c4ccc5c(c4)CC[C@@H](N4C6COCC4C6)CC5)cc23)cn1. The number of nitrogens with one attached hydrogen (secondary N) is 1. The first kappa shape index (κ1) is 23.8. The molecule has 3 atom stereocenters. The number of aromatic amines is 1. The van der Waals surface area contributed by atoms with Gasteiger partial charge in [-0.25, -0.2) is 4.98 Å². The number of benzene rings is 1. The number of hydrogen-bond acceptors (Lipinski definition) is 7. The van der Waals surface area contributed by atoms with Crippen molar-refractivity contribution in [1.82, 2.24) is 35.0 Å². The van der Waals surface area contributed by atoms with Gasteiger partial charge in [0, 0.05) is 41.5 Å². The van der Waals surface area contributed by atoms with Crippen molar-refractivity contribution in [3.05, 3.63) is 77.9 Å². The van der Waals surface area contributed by atoms with Gasteiger partial charge in [-0.15, -0.1) is 0 Å². The van der Waals surface area contributed by atoms with Crippen LogP contribution in [0.5, 0.6) is 0 Å².